The number of Topliss-reactive ketones (excluding diaryl/α,β-unsaturated/α-hetero) is 1. The molecule has 0 atom stereocenters. The van der Waals surface area contributed by atoms with Crippen molar-refractivity contribution < 1.29 is 23.8 Å². The van der Waals surface area contributed by atoms with Gasteiger partial charge in [0.25, 0.3) is 5.22 Å². The van der Waals surface area contributed by atoms with E-state index in [-0.39, 0.29) is 22.5 Å². The molecule has 0 aliphatic rings. The first-order chi connectivity index (χ1) is 12.6. The molecule has 0 aliphatic heterocycles. The van der Waals surface area contributed by atoms with Crippen molar-refractivity contribution in [2.45, 2.75) is 5.22 Å². The number of nitrogens with zero attached hydrogens (tertiary/aromatic N) is 2. The second-order valence-electron chi connectivity index (χ2n) is 5.20. The van der Waals surface area contributed by atoms with Crippen LogP contribution in [0.1, 0.15) is 10.4 Å². The maximum Gasteiger partial charge on any atom is 0.277 e. The minimum Gasteiger partial charge on any atom is -0.508 e. The number of phenols is 1. The molecule has 3 aromatic rings. The molecule has 0 fully saturated rings. The first-order valence-electron chi connectivity index (χ1n) is 7.61. The van der Waals surface area contributed by atoms with Crippen LogP contribution in [0, 0.1) is 0 Å². The zero-order valence-electron chi connectivity index (χ0n) is 14.1. The van der Waals surface area contributed by atoms with E-state index in [2.05, 4.69) is 10.2 Å². The number of ketones is 1. The molecule has 0 aliphatic carbocycles. The van der Waals surface area contributed by atoms with Crippen LogP contribution >= 0.6 is 11.8 Å². The third kappa shape index (κ3) is 3.97. The van der Waals surface area contributed by atoms with Gasteiger partial charge in [-0.05, 0) is 42.5 Å². The van der Waals surface area contributed by atoms with Crippen molar-refractivity contribution in [2.24, 2.45) is 0 Å². The molecule has 2 aromatic carbocycles. The number of phenolic OH excluding ortho intramolecular Hbond substituents is 1. The molecule has 8 heteroatoms. The normalized spacial score (nSPS) is 10.5. The number of hydrogen-bond donors (Lipinski definition) is 1. The average Bonchev–Trinajstić information content (AvgIpc) is 3.15. The van der Waals surface area contributed by atoms with E-state index in [9.17, 15) is 9.90 Å². The number of carbonyl (C=O) groups is 1. The summed E-state index contributed by atoms with van der Waals surface area (Å²) in [6.07, 6.45) is 0. The Bertz CT molecular complexity index is 908. The van der Waals surface area contributed by atoms with Gasteiger partial charge >= 0.3 is 0 Å². The van der Waals surface area contributed by atoms with Crippen molar-refractivity contribution in [3.63, 3.8) is 0 Å². The van der Waals surface area contributed by atoms with Crippen molar-refractivity contribution in [2.75, 3.05) is 20.0 Å². The van der Waals surface area contributed by atoms with Gasteiger partial charge in [0, 0.05) is 5.56 Å². The lowest BCUT2D eigenvalue weighted by atomic mass is 10.1. The first kappa shape index (κ1) is 17.8. The van der Waals surface area contributed by atoms with Crippen LogP contribution in [0.25, 0.3) is 11.5 Å². The van der Waals surface area contributed by atoms with Crippen LogP contribution in [0.15, 0.2) is 52.1 Å². The van der Waals surface area contributed by atoms with Gasteiger partial charge in [-0.15, -0.1) is 10.2 Å². The molecule has 1 heterocycles. The second-order valence-corrected chi connectivity index (χ2v) is 6.12. The molecular formula is C18H16N2O5S. The molecule has 0 bridgehead atoms. The van der Waals surface area contributed by atoms with E-state index in [1.54, 1.807) is 30.3 Å². The maximum absolute atomic E-state index is 12.5. The van der Waals surface area contributed by atoms with E-state index < -0.39 is 0 Å². The molecular weight excluding hydrogens is 356 g/mol. The third-order valence-corrected chi connectivity index (χ3v) is 4.37. The molecule has 0 saturated carbocycles. The number of methoxy groups -OCH3 is 2. The highest BCUT2D eigenvalue weighted by Gasteiger charge is 2.16. The lowest BCUT2D eigenvalue weighted by Gasteiger charge is -2.08. The van der Waals surface area contributed by atoms with Crippen LogP contribution in [0.4, 0.5) is 0 Å². The number of thioether (sulfide) groups is 1. The van der Waals surface area contributed by atoms with Crippen LogP contribution in [0.2, 0.25) is 0 Å². The zero-order valence-corrected chi connectivity index (χ0v) is 14.9. The van der Waals surface area contributed by atoms with Gasteiger partial charge in [0.2, 0.25) is 5.89 Å². The monoisotopic (exact) mass is 372 g/mol. The summed E-state index contributed by atoms with van der Waals surface area (Å²) < 4.78 is 15.9. The summed E-state index contributed by atoms with van der Waals surface area (Å²) in [7, 11) is 3.04. The topological polar surface area (TPSA) is 94.7 Å². The molecule has 0 saturated heterocycles. The van der Waals surface area contributed by atoms with E-state index in [0.29, 0.717) is 28.5 Å². The molecule has 3 rings (SSSR count). The summed E-state index contributed by atoms with van der Waals surface area (Å²) in [6.45, 7) is 0. The number of benzene rings is 2. The van der Waals surface area contributed by atoms with Crippen LogP contribution in [0.5, 0.6) is 17.2 Å². The van der Waals surface area contributed by atoms with Gasteiger partial charge in [0.05, 0.1) is 25.5 Å². The quantitative estimate of drug-likeness (QED) is 0.498. The lowest BCUT2D eigenvalue weighted by Crippen LogP contribution is -2.05. The average molecular weight is 372 g/mol. The number of aromatic nitrogens is 2. The fourth-order valence-corrected chi connectivity index (χ4v) is 2.87. The first-order valence-corrected chi connectivity index (χ1v) is 8.60. The fourth-order valence-electron chi connectivity index (χ4n) is 2.23. The summed E-state index contributed by atoms with van der Waals surface area (Å²) >= 11 is 1.14. The second kappa shape index (κ2) is 7.92. The predicted molar refractivity (Wildman–Crippen MR) is 96.0 cm³/mol. The number of rotatable bonds is 7. The Morgan fingerprint density at radius 2 is 1.88 bits per heavy atom. The summed E-state index contributed by atoms with van der Waals surface area (Å²) in [5, 5.41) is 17.5. The van der Waals surface area contributed by atoms with E-state index in [1.807, 2.05) is 0 Å². The van der Waals surface area contributed by atoms with E-state index >= 15 is 0 Å². The minimum absolute atomic E-state index is 0.112. The number of ether oxygens (including phenoxy) is 2. The number of hydrogen-bond acceptors (Lipinski definition) is 8. The van der Waals surface area contributed by atoms with Crippen LogP contribution in [-0.2, 0) is 0 Å². The highest BCUT2D eigenvalue weighted by Crippen LogP contribution is 2.28. The molecule has 134 valence electrons. The lowest BCUT2D eigenvalue weighted by molar-refractivity contribution is 0.101. The Morgan fingerprint density at radius 3 is 2.58 bits per heavy atom. The molecule has 26 heavy (non-hydrogen) atoms. The van der Waals surface area contributed by atoms with Crippen molar-refractivity contribution in [3.05, 3.63) is 48.0 Å². The Balaban J connectivity index is 1.70. The summed E-state index contributed by atoms with van der Waals surface area (Å²) in [5.41, 5.74) is 1.11. The molecule has 0 unspecified atom stereocenters. The van der Waals surface area contributed by atoms with Crippen molar-refractivity contribution >= 4 is 17.5 Å². The number of carbonyl (C=O) groups excluding carboxylic acids is 1. The van der Waals surface area contributed by atoms with Crippen molar-refractivity contribution in [1.82, 2.24) is 10.2 Å². The maximum atomic E-state index is 12.5. The van der Waals surface area contributed by atoms with E-state index in [1.165, 1.54) is 26.4 Å². The van der Waals surface area contributed by atoms with Crippen molar-refractivity contribution in [3.8, 4) is 28.7 Å². The molecule has 1 aromatic heterocycles. The predicted octanol–water partition coefficient (Wildman–Crippen LogP) is 3.43. The largest absolute Gasteiger partial charge is 0.508 e. The van der Waals surface area contributed by atoms with Crippen LogP contribution < -0.4 is 9.47 Å². The molecule has 0 amide bonds. The van der Waals surface area contributed by atoms with Crippen LogP contribution in [-0.4, -0.2) is 41.1 Å². The van der Waals surface area contributed by atoms with Crippen molar-refractivity contribution in [1.29, 1.82) is 0 Å². The van der Waals surface area contributed by atoms with Crippen LogP contribution in [0.3, 0.4) is 0 Å². The number of aromatic hydroxyl groups is 1. The summed E-state index contributed by atoms with van der Waals surface area (Å²) in [5.74, 6) is 1.49. The Hall–Kier alpha value is -3.00. The Labute approximate surface area is 154 Å². The Kier molecular flexibility index (Phi) is 5.43. The minimum atomic E-state index is -0.143. The van der Waals surface area contributed by atoms with Gasteiger partial charge in [-0.3, -0.25) is 4.79 Å². The molecule has 0 spiro atoms. The molecule has 7 nitrogen and oxygen atoms in total. The fraction of sp³-hybridized carbons (Fsp3) is 0.167. The van der Waals surface area contributed by atoms with Gasteiger partial charge in [-0.2, -0.15) is 0 Å². The summed E-state index contributed by atoms with van der Waals surface area (Å²) in [6, 6.07) is 11.5. The van der Waals surface area contributed by atoms with E-state index in [4.69, 9.17) is 13.9 Å². The third-order valence-electron chi connectivity index (χ3n) is 3.55. The van der Waals surface area contributed by atoms with Gasteiger partial charge in [0.15, 0.2) is 5.78 Å². The van der Waals surface area contributed by atoms with Gasteiger partial charge in [-0.1, -0.05) is 11.8 Å². The molecule has 1 N–H and O–H groups in total. The van der Waals surface area contributed by atoms with Gasteiger partial charge in [-0.25, -0.2) is 0 Å². The Morgan fingerprint density at radius 1 is 1.12 bits per heavy atom. The smallest absolute Gasteiger partial charge is 0.277 e. The standard InChI is InChI=1S/C18H16N2O5S/c1-23-13-7-8-16(24-2)14(9-13)15(22)10-26-18-20-19-17(25-18)11-3-5-12(21)6-4-11/h3-9,21H,10H2,1-2H3. The van der Waals surface area contributed by atoms with Gasteiger partial charge < -0.3 is 19.0 Å². The molecule has 0 radical (unpaired) electrons. The SMILES string of the molecule is COc1ccc(OC)c(C(=O)CSc2nnc(-c3ccc(O)cc3)o2)c1. The summed E-state index contributed by atoms with van der Waals surface area (Å²) in [4.78, 5) is 12.5. The van der Waals surface area contributed by atoms with E-state index in [0.717, 1.165) is 11.8 Å². The zero-order chi connectivity index (χ0) is 18.5. The highest BCUT2D eigenvalue weighted by molar-refractivity contribution is 7.99. The highest BCUT2D eigenvalue weighted by atomic mass is 32.2. The van der Waals surface area contributed by atoms with Gasteiger partial charge in [0.1, 0.15) is 17.2 Å².